The van der Waals surface area contributed by atoms with Crippen LogP contribution in [0.15, 0.2) is 52.9 Å². The SMILES string of the molecule is Cc1c(Cl)cccc1NC(C)c1cc2ccccc2o1. The molecule has 0 amide bonds. The Morgan fingerprint density at radius 1 is 1.10 bits per heavy atom. The van der Waals surface area contributed by atoms with Crippen LogP contribution >= 0.6 is 11.6 Å². The summed E-state index contributed by atoms with van der Waals surface area (Å²) in [6.45, 7) is 4.09. The summed E-state index contributed by atoms with van der Waals surface area (Å²) in [6.07, 6.45) is 0. The Hall–Kier alpha value is -1.93. The molecule has 1 heterocycles. The summed E-state index contributed by atoms with van der Waals surface area (Å²) in [5.41, 5.74) is 3.00. The zero-order valence-corrected chi connectivity index (χ0v) is 12.2. The molecule has 2 nitrogen and oxygen atoms in total. The van der Waals surface area contributed by atoms with Gasteiger partial charge in [-0.25, -0.2) is 0 Å². The van der Waals surface area contributed by atoms with Crippen LogP contribution in [0.3, 0.4) is 0 Å². The van der Waals surface area contributed by atoms with Gasteiger partial charge in [0.2, 0.25) is 0 Å². The van der Waals surface area contributed by atoms with Crippen LogP contribution in [0.4, 0.5) is 5.69 Å². The number of para-hydroxylation sites is 1. The van der Waals surface area contributed by atoms with Gasteiger partial charge < -0.3 is 9.73 Å². The van der Waals surface area contributed by atoms with Crippen molar-refractivity contribution in [3.63, 3.8) is 0 Å². The van der Waals surface area contributed by atoms with Crippen LogP contribution in [0.5, 0.6) is 0 Å². The minimum Gasteiger partial charge on any atom is -0.459 e. The number of rotatable bonds is 3. The maximum atomic E-state index is 6.14. The predicted octanol–water partition coefficient (Wildman–Crippen LogP) is 5.57. The number of halogens is 1. The van der Waals surface area contributed by atoms with Gasteiger partial charge >= 0.3 is 0 Å². The first-order valence-corrected chi connectivity index (χ1v) is 7.03. The topological polar surface area (TPSA) is 25.2 Å². The first kappa shape index (κ1) is 13.1. The minimum absolute atomic E-state index is 0.0829. The van der Waals surface area contributed by atoms with E-state index in [0.29, 0.717) is 0 Å². The number of furan rings is 1. The highest BCUT2D eigenvalue weighted by Crippen LogP contribution is 2.29. The average molecular weight is 286 g/mol. The fourth-order valence-corrected chi connectivity index (χ4v) is 2.46. The first-order valence-electron chi connectivity index (χ1n) is 6.65. The molecule has 3 heteroatoms. The van der Waals surface area contributed by atoms with Crippen LogP contribution in [0.1, 0.15) is 24.3 Å². The number of hydrogen-bond donors (Lipinski definition) is 1. The number of hydrogen-bond acceptors (Lipinski definition) is 2. The van der Waals surface area contributed by atoms with E-state index >= 15 is 0 Å². The third kappa shape index (κ3) is 2.39. The summed E-state index contributed by atoms with van der Waals surface area (Å²) in [5, 5.41) is 5.34. The normalized spacial score (nSPS) is 12.6. The molecule has 0 radical (unpaired) electrons. The van der Waals surface area contributed by atoms with Crippen molar-refractivity contribution in [1.29, 1.82) is 0 Å². The van der Waals surface area contributed by atoms with E-state index in [2.05, 4.69) is 24.4 Å². The lowest BCUT2D eigenvalue weighted by molar-refractivity contribution is 0.526. The van der Waals surface area contributed by atoms with Crippen LogP contribution in [0.25, 0.3) is 11.0 Å². The zero-order valence-electron chi connectivity index (χ0n) is 11.5. The van der Waals surface area contributed by atoms with Gasteiger partial charge in [0.1, 0.15) is 11.3 Å². The van der Waals surface area contributed by atoms with Crippen molar-refractivity contribution < 1.29 is 4.42 Å². The molecule has 0 bridgehead atoms. The molecule has 1 N–H and O–H groups in total. The molecule has 20 heavy (non-hydrogen) atoms. The third-order valence-corrected chi connectivity index (χ3v) is 3.92. The Bertz CT molecular complexity index is 715. The number of benzene rings is 2. The van der Waals surface area contributed by atoms with Gasteiger partial charge in [-0.05, 0) is 43.7 Å². The fourth-order valence-electron chi connectivity index (χ4n) is 2.28. The molecule has 102 valence electrons. The van der Waals surface area contributed by atoms with E-state index in [9.17, 15) is 0 Å². The van der Waals surface area contributed by atoms with Crippen molar-refractivity contribution >= 4 is 28.3 Å². The Morgan fingerprint density at radius 2 is 1.90 bits per heavy atom. The second kappa shape index (κ2) is 5.22. The summed E-state index contributed by atoms with van der Waals surface area (Å²) in [6, 6.07) is 16.1. The molecule has 1 atom stereocenters. The van der Waals surface area contributed by atoms with E-state index in [4.69, 9.17) is 16.0 Å². The van der Waals surface area contributed by atoms with Crippen LogP contribution in [-0.2, 0) is 0 Å². The second-order valence-electron chi connectivity index (χ2n) is 4.97. The second-order valence-corrected chi connectivity index (χ2v) is 5.37. The van der Waals surface area contributed by atoms with Crippen molar-refractivity contribution in [2.45, 2.75) is 19.9 Å². The predicted molar refractivity (Wildman–Crippen MR) is 84.4 cm³/mol. The standard InChI is InChI=1S/C17H16ClNO/c1-11-14(18)7-5-8-15(11)19-12(2)17-10-13-6-3-4-9-16(13)20-17/h3-10,12,19H,1-2H3. The molecule has 0 spiro atoms. The van der Waals surface area contributed by atoms with Gasteiger partial charge in [-0.1, -0.05) is 35.9 Å². The van der Waals surface area contributed by atoms with Crippen molar-refractivity contribution in [3.8, 4) is 0 Å². The molecule has 1 unspecified atom stereocenters. The Balaban J connectivity index is 1.89. The maximum Gasteiger partial charge on any atom is 0.134 e. The lowest BCUT2D eigenvalue weighted by atomic mass is 10.1. The van der Waals surface area contributed by atoms with E-state index in [1.807, 2.05) is 43.3 Å². The Kier molecular flexibility index (Phi) is 3.41. The van der Waals surface area contributed by atoms with Gasteiger partial charge in [-0.15, -0.1) is 0 Å². The van der Waals surface area contributed by atoms with Gasteiger partial charge in [-0.3, -0.25) is 0 Å². The molecule has 0 saturated heterocycles. The molecule has 2 aromatic carbocycles. The van der Waals surface area contributed by atoms with E-state index < -0.39 is 0 Å². The maximum absolute atomic E-state index is 6.14. The minimum atomic E-state index is 0.0829. The van der Waals surface area contributed by atoms with E-state index in [-0.39, 0.29) is 6.04 Å². The molecule has 0 aliphatic carbocycles. The van der Waals surface area contributed by atoms with Gasteiger partial charge in [0.25, 0.3) is 0 Å². The van der Waals surface area contributed by atoms with E-state index in [1.54, 1.807) is 0 Å². The Morgan fingerprint density at radius 3 is 2.70 bits per heavy atom. The molecular weight excluding hydrogens is 270 g/mol. The molecule has 3 rings (SSSR count). The summed E-state index contributed by atoms with van der Waals surface area (Å²) in [7, 11) is 0. The monoisotopic (exact) mass is 285 g/mol. The summed E-state index contributed by atoms with van der Waals surface area (Å²) in [4.78, 5) is 0. The van der Waals surface area contributed by atoms with Crippen LogP contribution in [0.2, 0.25) is 5.02 Å². The highest BCUT2D eigenvalue weighted by molar-refractivity contribution is 6.31. The number of anilines is 1. The highest BCUT2D eigenvalue weighted by atomic mass is 35.5. The molecule has 0 fully saturated rings. The summed E-state index contributed by atoms with van der Waals surface area (Å²) >= 11 is 6.14. The van der Waals surface area contributed by atoms with Crippen LogP contribution in [0, 0.1) is 6.92 Å². The molecule has 0 saturated carbocycles. The van der Waals surface area contributed by atoms with Gasteiger partial charge in [0.15, 0.2) is 0 Å². The molecular formula is C17H16ClNO. The highest BCUT2D eigenvalue weighted by Gasteiger charge is 2.12. The molecule has 3 aromatic rings. The molecule has 1 aromatic heterocycles. The van der Waals surface area contributed by atoms with Crippen LogP contribution in [-0.4, -0.2) is 0 Å². The van der Waals surface area contributed by atoms with Crippen molar-refractivity contribution in [2.24, 2.45) is 0 Å². The zero-order chi connectivity index (χ0) is 14.1. The first-order chi connectivity index (χ1) is 9.65. The summed E-state index contributed by atoms with van der Waals surface area (Å²) < 4.78 is 5.88. The third-order valence-electron chi connectivity index (χ3n) is 3.51. The van der Waals surface area contributed by atoms with Gasteiger partial charge in [0, 0.05) is 16.1 Å². The molecule has 0 aliphatic rings. The Labute approximate surface area is 123 Å². The molecule has 0 aliphatic heterocycles. The largest absolute Gasteiger partial charge is 0.459 e. The number of nitrogens with one attached hydrogen (secondary N) is 1. The lowest BCUT2D eigenvalue weighted by Gasteiger charge is -2.15. The van der Waals surface area contributed by atoms with Crippen molar-refractivity contribution in [2.75, 3.05) is 5.32 Å². The fraction of sp³-hybridized carbons (Fsp3) is 0.176. The van der Waals surface area contributed by atoms with Crippen molar-refractivity contribution in [1.82, 2.24) is 0 Å². The lowest BCUT2D eigenvalue weighted by Crippen LogP contribution is -2.06. The average Bonchev–Trinajstić information content (AvgIpc) is 2.88. The van der Waals surface area contributed by atoms with E-state index in [0.717, 1.165) is 33.0 Å². The van der Waals surface area contributed by atoms with Crippen LogP contribution < -0.4 is 5.32 Å². The van der Waals surface area contributed by atoms with Gasteiger partial charge in [0.05, 0.1) is 6.04 Å². The number of fused-ring (bicyclic) bond motifs is 1. The summed E-state index contributed by atoms with van der Waals surface area (Å²) in [5.74, 6) is 0.922. The van der Waals surface area contributed by atoms with Gasteiger partial charge in [-0.2, -0.15) is 0 Å². The van der Waals surface area contributed by atoms with E-state index in [1.165, 1.54) is 0 Å². The smallest absolute Gasteiger partial charge is 0.134 e. The van der Waals surface area contributed by atoms with Crippen molar-refractivity contribution in [3.05, 3.63) is 64.9 Å². The quantitative estimate of drug-likeness (QED) is 0.681.